The van der Waals surface area contributed by atoms with Gasteiger partial charge >= 0.3 is 39.5 Å². The average molecular weight is 1380 g/mol. The van der Waals surface area contributed by atoms with E-state index in [1.165, 1.54) is 218 Å². The number of esters is 4. The highest BCUT2D eigenvalue weighted by Crippen LogP contribution is 2.45. The van der Waals surface area contributed by atoms with E-state index in [0.717, 1.165) is 95.8 Å². The number of carbonyl (C=O) groups excluding carboxylic acids is 4. The van der Waals surface area contributed by atoms with E-state index >= 15 is 0 Å². The largest absolute Gasteiger partial charge is 0.472 e. The van der Waals surface area contributed by atoms with Crippen LogP contribution in [0.3, 0.4) is 0 Å². The van der Waals surface area contributed by atoms with E-state index in [4.69, 9.17) is 37.0 Å². The summed E-state index contributed by atoms with van der Waals surface area (Å²) in [6.07, 6.45) is 56.8. The predicted molar refractivity (Wildman–Crippen MR) is 382 cm³/mol. The Morgan fingerprint density at radius 1 is 0.287 bits per heavy atom. The van der Waals surface area contributed by atoms with Gasteiger partial charge in [-0.3, -0.25) is 37.3 Å². The Morgan fingerprint density at radius 3 is 0.723 bits per heavy atom. The van der Waals surface area contributed by atoms with Crippen molar-refractivity contribution in [3.05, 3.63) is 0 Å². The van der Waals surface area contributed by atoms with Gasteiger partial charge < -0.3 is 33.8 Å². The molecule has 0 aromatic rings. The zero-order valence-electron chi connectivity index (χ0n) is 61.1. The fraction of sp³-hybridized carbons (Fsp3) is 0.947. The molecule has 0 amide bonds. The van der Waals surface area contributed by atoms with Gasteiger partial charge in [0.15, 0.2) is 12.2 Å². The first-order chi connectivity index (χ1) is 45.5. The number of phosphoric ester groups is 2. The van der Waals surface area contributed by atoms with Crippen molar-refractivity contribution in [2.45, 2.75) is 412 Å². The third-order valence-electron chi connectivity index (χ3n) is 17.5. The lowest BCUT2D eigenvalue weighted by atomic mass is 10.0. The van der Waals surface area contributed by atoms with Gasteiger partial charge in [0.1, 0.15) is 19.3 Å². The minimum Gasteiger partial charge on any atom is -0.462 e. The predicted octanol–water partition coefficient (Wildman–Crippen LogP) is 22.1. The van der Waals surface area contributed by atoms with Gasteiger partial charge in [-0.15, -0.1) is 0 Å². The Bertz CT molecular complexity index is 1810. The highest BCUT2D eigenvalue weighted by Gasteiger charge is 2.30. The summed E-state index contributed by atoms with van der Waals surface area (Å²) in [7, 11) is -9.90. The van der Waals surface area contributed by atoms with E-state index < -0.39 is 97.5 Å². The fourth-order valence-electron chi connectivity index (χ4n) is 11.5. The summed E-state index contributed by atoms with van der Waals surface area (Å²) >= 11 is 0. The van der Waals surface area contributed by atoms with E-state index in [1.807, 2.05) is 0 Å². The summed E-state index contributed by atoms with van der Waals surface area (Å²) in [6, 6.07) is 0. The second-order valence-electron chi connectivity index (χ2n) is 27.5. The maximum atomic E-state index is 13.1. The highest BCUT2D eigenvalue weighted by molar-refractivity contribution is 7.47. The minimum atomic E-state index is -4.96. The summed E-state index contributed by atoms with van der Waals surface area (Å²) in [6.45, 7) is 7.28. The molecular weight excluding hydrogens is 1230 g/mol. The molecule has 2 unspecified atom stereocenters. The van der Waals surface area contributed by atoms with Crippen LogP contribution in [0.1, 0.15) is 394 Å². The van der Waals surface area contributed by atoms with Crippen molar-refractivity contribution >= 4 is 39.5 Å². The van der Waals surface area contributed by atoms with Gasteiger partial charge in [0, 0.05) is 25.7 Å². The van der Waals surface area contributed by atoms with Crippen molar-refractivity contribution in [2.75, 3.05) is 39.6 Å². The van der Waals surface area contributed by atoms with Crippen molar-refractivity contribution in [2.24, 2.45) is 5.92 Å². The molecule has 558 valence electrons. The zero-order chi connectivity index (χ0) is 69.1. The molecule has 0 fully saturated rings. The molecule has 0 aliphatic heterocycles. The average Bonchev–Trinajstić information content (AvgIpc) is 1.34. The van der Waals surface area contributed by atoms with Gasteiger partial charge in [-0.25, -0.2) is 9.13 Å². The molecular formula is C75H146O17P2. The van der Waals surface area contributed by atoms with E-state index in [9.17, 15) is 43.2 Å². The Balaban J connectivity index is 5.21. The number of rotatable bonds is 75. The molecule has 0 saturated carbocycles. The molecule has 0 aromatic heterocycles. The van der Waals surface area contributed by atoms with E-state index in [2.05, 4.69) is 34.6 Å². The monoisotopic (exact) mass is 1380 g/mol. The number of hydrogen-bond acceptors (Lipinski definition) is 15. The number of carbonyl (C=O) groups is 4. The lowest BCUT2D eigenvalue weighted by molar-refractivity contribution is -0.161. The molecule has 5 atom stereocenters. The topological polar surface area (TPSA) is 237 Å². The lowest BCUT2D eigenvalue weighted by Crippen LogP contribution is -2.30. The number of aliphatic hydroxyl groups excluding tert-OH is 1. The summed E-state index contributed by atoms with van der Waals surface area (Å²) in [5.41, 5.74) is 0. The molecule has 0 aliphatic carbocycles. The molecule has 0 aliphatic rings. The van der Waals surface area contributed by atoms with Crippen LogP contribution in [0, 0.1) is 5.92 Å². The van der Waals surface area contributed by atoms with Crippen LogP contribution in [0.5, 0.6) is 0 Å². The Hall–Kier alpha value is -1.94. The van der Waals surface area contributed by atoms with Gasteiger partial charge in [-0.05, 0) is 31.6 Å². The Morgan fingerprint density at radius 2 is 0.489 bits per heavy atom. The van der Waals surface area contributed by atoms with Crippen LogP contribution in [0.4, 0.5) is 0 Å². The second kappa shape index (κ2) is 68.2. The van der Waals surface area contributed by atoms with E-state index in [-0.39, 0.29) is 25.7 Å². The molecule has 0 bridgehead atoms. The summed E-state index contributed by atoms with van der Waals surface area (Å²) < 4.78 is 68.4. The minimum absolute atomic E-state index is 0.108. The molecule has 19 heteroatoms. The summed E-state index contributed by atoms with van der Waals surface area (Å²) in [4.78, 5) is 72.7. The van der Waals surface area contributed by atoms with E-state index in [0.29, 0.717) is 25.7 Å². The number of aliphatic hydroxyl groups is 1. The first-order valence-electron chi connectivity index (χ1n) is 39.1. The van der Waals surface area contributed by atoms with Gasteiger partial charge in [0.05, 0.1) is 26.4 Å². The Kier molecular flexibility index (Phi) is 66.8. The second-order valence-corrected chi connectivity index (χ2v) is 30.4. The SMILES string of the molecule is CCCCCCCCCCCCCCCCCCCCCC(=O)O[C@H](COC(=O)CCCCCCCCCCCCCC(C)C)COP(=O)(O)OC[C@@H](O)COP(=O)(O)OC[C@@H](COC(=O)CCCCCCCCCCC)OC(=O)CCCCCCCCCCCCCC. The van der Waals surface area contributed by atoms with Crippen molar-refractivity contribution in [1.29, 1.82) is 0 Å². The lowest BCUT2D eigenvalue weighted by Gasteiger charge is -2.21. The Labute approximate surface area is 575 Å². The molecule has 0 aromatic carbocycles. The van der Waals surface area contributed by atoms with Crippen molar-refractivity contribution in [3.8, 4) is 0 Å². The number of phosphoric acid groups is 2. The molecule has 0 heterocycles. The fourth-order valence-corrected chi connectivity index (χ4v) is 13.1. The van der Waals surface area contributed by atoms with Crippen molar-refractivity contribution in [3.63, 3.8) is 0 Å². The molecule has 17 nitrogen and oxygen atoms in total. The normalized spacial score (nSPS) is 14.0. The van der Waals surface area contributed by atoms with Crippen LogP contribution in [0.2, 0.25) is 0 Å². The van der Waals surface area contributed by atoms with Gasteiger partial charge in [-0.1, -0.05) is 343 Å². The van der Waals surface area contributed by atoms with Crippen LogP contribution in [-0.2, 0) is 65.4 Å². The van der Waals surface area contributed by atoms with Crippen LogP contribution < -0.4 is 0 Å². The van der Waals surface area contributed by atoms with Crippen LogP contribution >= 0.6 is 15.6 Å². The zero-order valence-corrected chi connectivity index (χ0v) is 62.9. The molecule has 3 N–H and O–H groups in total. The molecule has 0 radical (unpaired) electrons. The summed E-state index contributed by atoms with van der Waals surface area (Å²) in [5, 5.41) is 10.6. The van der Waals surface area contributed by atoms with Crippen LogP contribution in [-0.4, -0.2) is 96.7 Å². The van der Waals surface area contributed by atoms with Gasteiger partial charge in [0.2, 0.25) is 0 Å². The number of hydrogen-bond donors (Lipinski definition) is 3. The number of ether oxygens (including phenoxy) is 4. The third kappa shape index (κ3) is 68.6. The van der Waals surface area contributed by atoms with Crippen molar-refractivity contribution < 1.29 is 80.2 Å². The smallest absolute Gasteiger partial charge is 0.462 e. The standard InChI is InChI=1S/C75H146O17P2/c1-6-9-12-15-18-21-23-25-26-27-28-29-30-31-35-41-46-51-56-61-75(80)92-71(65-86-73(78)59-54-49-44-39-36-32-33-38-42-47-52-57-68(4)5)67-90-94(83,84)88-63-69(76)62-87-93(81,82)89-66-70(64-85-72(77)58-53-48-43-37-20-17-14-11-8-3)91-74(79)60-55-50-45-40-34-24-22-19-16-13-10-7-2/h68-71,76H,6-67H2,1-5H3,(H,81,82)(H,83,84)/t69-,70+,71+/m0/s1. The molecule has 0 spiro atoms. The van der Waals surface area contributed by atoms with Gasteiger partial charge in [0.25, 0.3) is 0 Å². The highest BCUT2D eigenvalue weighted by atomic mass is 31.2. The maximum absolute atomic E-state index is 13.1. The molecule has 0 saturated heterocycles. The quantitative estimate of drug-likeness (QED) is 0.0222. The number of unbranched alkanes of at least 4 members (excludes halogenated alkanes) is 47. The molecule has 0 rings (SSSR count). The van der Waals surface area contributed by atoms with Gasteiger partial charge in [-0.2, -0.15) is 0 Å². The van der Waals surface area contributed by atoms with Crippen LogP contribution in [0.15, 0.2) is 0 Å². The maximum Gasteiger partial charge on any atom is 0.472 e. The summed E-state index contributed by atoms with van der Waals surface area (Å²) in [5.74, 6) is -1.34. The van der Waals surface area contributed by atoms with E-state index in [1.54, 1.807) is 0 Å². The third-order valence-corrected chi connectivity index (χ3v) is 19.4. The first-order valence-corrected chi connectivity index (χ1v) is 42.1. The molecule has 94 heavy (non-hydrogen) atoms. The van der Waals surface area contributed by atoms with Crippen LogP contribution in [0.25, 0.3) is 0 Å². The first kappa shape index (κ1) is 92.1. The van der Waals surface area contributed by atoms with Crippen molar-refractivity contribution in [1.82, 2.24) is 0 Å².